The second kappa shape index (κ2) is 38.0. The molecule has 1 amide bonds. The minimum atomic E-state index is -4.68. The Balaban J connectivity index is 3.79. The van der Waals surface area contributed by atoms with Gasteiger partial charge in [-0.15, -0.1) is 0 Å². The number of allylic oxidation sites excluding steroid dienone is 2. The average molecular weight is 730 g/mol. The molecule has 0 saturated heterocycles. The van der Waals surface area contributed by atoms with Crippen LogP contribution in [0.1, 0.15) is 232 Å². The smallest absolute Gasteiger partial charge is 0.391 e. The van der Waals surface area contributed by atoms with Crippen LogP contribution in [0.15, 0.2) is 12.2 Å². The van der Waals surface area contributed by atoms with E-state index in [0.717, 1.165) is 38.5 Å². The van der Waals surface area contributed by atoms with Gasteiger partial charge in [0, 0.05) is 6.42 Å². The quantitative estimate of drug-likeness (QED) is 0.0283. The van der Waals surface area contributed by atoms with E-state index in [0.29, 0.717) is 12.8 Å². The summed E-state index contributed by atoms with van der Waals surface area (Å²) in [4.78, 5) is 30.9. The second-order valence-corrected chi connectivity index (χ2v) is 16.3. The Kier molecular flexibility index (Phi) is 37.5. The summed E-state index contributed by atoms with van der Waals surface area (Å²) < 4.78 is 15.9. The van der Waals surface area contributed by atoms with Crippen molar-refractivity contribution < 1.29 is 28.8 Å². The van der Waals surface area contributed by atoms with Crippen molar-refractivity contribution in [2.24, 2.45) is 0 Å². The molecule has 0 rings (SSSR count). The van der Waals surface area contributed by atoms with Crippen LogP contribution in [0.25, 0.3) is 0 Å². The molecule has 0 aliphatic rings. The number of carbonyl (C=O) groups excluding carboxylic acids is 1. The largest absolute Gasteiger partial charge is 0.469 e. The molecule has 0 aromatic carbocycles. The molecule has 8 heteroatoms. The van der Waals surface area contributed by atoms with Crippen LogP contribution >= 0.6 is 7.82 Å². The van der Waals surface area contributed by atoms with Crippen LogP contribution in [0.5, 0.6) is 0 Å². The minimum Gasteiger partial charge on any atom is -0.391 e. The predicted octanol–water partition coefficient (Wildman–Crippen LogP) is 12.8. The maximum atomic E-state index is 12.6. The lowest BCUT2D eigenvalue weighted by molar-refractivity contribution is -0.123. The van der Waals surface area contributed by atoms with Crippen molar-refractivity contribution in [3.63, 3.8) is 0 Å². The van der Waals surface area contributed by atoms with E-state index in [9.17, 15) is 14.5 Å². The van der Waals surface area contributed by atoms with Crippen molar-refractivity contribution in [2.75, 3.05) is 6.61 Å². The fourth-order valence-corrected chi connectivity index (χ4v) is 7.05. The summed E-state index contributed by atoms with van der Waals surface area (Å²) in [6.45, 7) is 4.12. The van der Waals surface area contributed by atoms with E-state index in [1.165, 1.54) is 167 Å². The number of carbonyl (C=O) groups is 1. The first-order chi connectivity index (χ1) is 24.3. The predicted molar refractivity (Wildman–Crippen MR) is 213 cm³/mol. The van der Waals surface area contributed by atoms with Gasteiger partial charge in [-0.05, 0) is 38.5 Å². The molecule has 0 aromatic heterocycles. The van der Waals surface area contributed by atoms with Gasteiger partial charge in [0.05, 0.1) is 18.8 Å². The van der Waals surface area contributed by atoms with Crippen LogP contribution in [0.3, 0.4) is 0 Å². The van der Waals surface area contributed by atoms with Gasteiger partial charge in [-0.25, -0.2) is 4.57 Å². The number of hydrogen-bond acceptors (Lipinski definition) is 4. The highest BCUT2D eigenvalue weighted by atomic mass is 31.2. The third kappa shape index (κ3) is 38.5. The number of unbranched alkanes of at least 4 members (excludes halogenated alkanes) is 29. The number of nitrogens with one attached hydrogen (secondary N) is 1. The molecular weight excluding hydrogens is 645 g/mol. The van der Waals surface area contributed by atoms with E-state index in [1.807, 2.05) is 0 Å². The molecule has 0 aromatic rings. The van der Waals surface area contributed by atoms with Gasteiger partial charge in [-0.1, -0.05) is 199 Å². The number of aliphatic hydroxyl groups excluding tert-OH is 1. The number of amides is 1. The zero-order chi connectivity index (χ0) is 36.8. The number of hydrogen-bond donors (Lipinski definition) is 4. The van der Waals surface area contributed by atoms with E-state index >= 15 is 0 Å². The molecule has 2 atom stereocenters. The summed E-state index contributed by atoms with van der Waals surface area (Å²) in [7, 11) is -4.68. The molecular formula is C42H84NO6P. The second-order valence-electron chi connectivity index (χ2n) is 15.0. The third-order valence-electron chi connectivity index (χ3n) is 10.0. The molecule has 298 valence electrons. The van der Waals surface area contributed by atoms with Gasteiger partial charge in [0.1, 0.15) is 0 Å². The lowest BCUT2D eigenvalue weighted by Gasteiger charge is -2.24. The number of rotatable bonds is 40. The molecule has 0 saturated carbocycles. The number of phosphoric acid groups is 1. The summed E-state index contributed by atoms with van der Waals surface area (Å²) in [6, 6.07) is -0.820. The first kappa shape index (κ1) is 49.3. The van der Waals surface area contributed by atoms with Crippen molar-refractivity contribution in [1.29, 1.82) is 0 Å². The first-order valence-electron chi connectivity index (χ1n) is 21.6. The molecule has 50 heavy (non-hydrogen) atoms. The highest BCUT2D eigenvalue weighted by Gasteiger charge is 2.25. The molecule has 0 unspecified atom stereocenters. The maximum absolute atomic E-state index is 12.6. The van der Waals surface area contributed by atoms with Crippen molar-refractivity contribution in [3.05, 3.63) is 12.2 Å². The van der Waals surface area contributed by atoms with Crippen LogP contribution in [0.2, 0.25) is 0 Å². The molecule has 0 aliphatic carbocycles. The van der Waals surface area contributed by atoms with Gasteiger partial charge in [0.2, 0.25) is 5.91 Å². The molecule has 0 heterocycles. The Morgan fingerprint density at radius 1 is 0.560 bits per heavy atom. The number of phosphoric ester groups is 1. The normalized spacial score (nSPS) is 13.3. The van der Waals surface area contributed by atoms with Gasteiger partial charge < -0.3 is 20.2 Å². The topological polar surface area (TPSA) is 116 Å². The summed E-state index contributed by atoms with van der Waals surface area (Å²) >= 11 is 0. The Labute approximate surface area is 310 Å². The summed E-state index contributed by atoms with van der Waals surface area (Å²) in [5, 5.41) is 13.5. The summed E-state index contributed by atoms with van der Waals surface area (Å²) in [5.41, 5.74) is 0. The Morgan fingerprint density at radius 3 is 1.28 bits per heavy atom. The first-order valence-corrected chi connectivity index (χ1v) is 23.2. The van der Waals surface area contributed by atoms with Crippen molar-refractivity contribution in [2.45, 2.75) is 244 Å². The Bertz CT molecular complexity index is 788. The van der Waals surface area contributed by atoms with Crippen molar-refractivity contribution in [3.8, 4) is 0 Å². The zero-order valence-electron chi connectivity index (χ0n) is 33.1. The van der Waals surface area contributed by atoms with Crippen molar-refractivity contribution in [1.82, 2.24) is 5.32 Å². The molecule has 0 radical (unpaired) electrons. The fourth-order valence-electron chi connectivity index (χ4n) is 6.69. The van der Waals surface area contributed by atoms with E-state index in [1.54, 1.807) is 0 Å². The zero-order valence-corrected chi connectivity index (χ0v) is 34.0. The fraction of sp³-hybridized carbons (Fsp3) is 0.929. The average Bonchev–Trinajstić information content (AvgIpc) is 3.08. The highest BCUT2D eigenvalue weighted by Crippen LogP contribution is 2.36. The van der Waals surface area contributed by atoms with E-state index in [-0.39, 0.29) is 5.91 Å². The van der Waals surface area contributed by atoms with Crippen LogP contribution in [-0.4, -0.2) is 39.6 Å². The maximum Gasteiger partial charge on any atom is 0.469 e. The van der Waals surface area contributed by atoms with Gasteiger partial charge >= 0.3 is 7.82 Å². The van der Waals surface area contributed by atoms with E-state index in [4.69, 9.17) is 9.79 Å². The van der Waals surface area contributed by atoms with Crippen LogP contribution in [0, 0.1) is 0 Å². The lowest BCUT2D eigenvalue weighted by Crippen LogP contribution is -2.46. The monoisotopic (exact) mass is 730 g/mol. The van der Waals surface area contributed by atoms with Crippen LogP contribution in [0.4, 0.5) is 0 Å². The standard InChI is InChI=1S/C42H84NO6P/c1-3-5-7-9-11-13-15-16-17-18-19-20-21-22-23-24-25-26-28-30-32-34-36-38-42(45)43-40(39-49-50(46,47)48)41(44)37-35-33-31-29-27-14-12-10-8-6-4-2/h16-17,40-41,44H,3-15,18-39H2,1-2H3,(H,43,45)(H2,46,47,48)/b17-16-/t40-,41+/m0/s1. The van der Waals surface area contributed by atoms with Gasteiger partial charge in [-0.3, -0.25) is 9.32 Å². The van der Waals surface area contributed by atoms with Crippen LogP contribution < -0.4 is 5.32 Å². The third-order valence-corrected chi connectivity index (χ3v) is 10.5. The summed E-state index contributed by atoms with van der Waals surface area (Å²) in [6.07, 6.45) is 44.9. The lowest BCUT2D eigenvalue weighted by atomic mass is 10.0. The number of aliphatic hydroxyl groups is 1. The molecule has 0 aliphatic heterocycles. The SMILES string of the molecule is CCCCCCCC/C=C\CCCCCCCCCCCCCCCC(=O)N[C@@H](COP(=O)(O)O)[C@H](O)CCCCCCCCCCCCC. The Hall–Kier alpha value is -0.720. The molecule has 7 nitrogen and oxygen atoms in total. The molecule has 0 bridgehead atoms. The van der Waals surface area contributed by atoms with E-state index < -0.39 is 26.6 Å². The van der Waals surface area contributed by atoms with Gasteiger partial charge in [0.15, 0.2) is 0 Å². The van der Waals surface area contributed by atoms with Crippen molar-refractivity contribution >= 4 is 13.7 Å². The molecule has 4 N–H and O–H groups in total. The van der Waals surface area contributed by atoms with Gasteiger partial charge in [0.25, 0.3) is 0 Å². The molecule has 0 fully saturated rings. The highest BCUT2D eigenvalue weighted by molar-refractivity contribution is 7.46. The molecule has 0 spiro atoms. The van der Waals surface area contributed by atoms with Gasteiger partial charge in [-0.2, -0.15) is 0 Å². The summed E-state index contributed by atoms with van der Waals surface area (Å²) in [5.74, 6) is -0.192. The minimum absolute atomic E-state index is 0.192. The van der Waals surface area contributed by atoms with Crippen LogP contribution in [-0.2, 0) is 13.9 Å². The Morgan fingerprint density at radius 2 is 0.900 bits per heavy atom. The van der Waals surface area contributed by atoms with E-state index in [2.05, 4.69) is 35.8 Å².